The van der Waals surface area contributed by atoms with Gasteiger partial charge in [0, 0.05) is 23.7 Å². The Hall–Kier alpha value is -1.79. The molecule has 5 nitrogen and oxygen atoms in total. The number of nitro groups is 1. The summed E-state index contributed by atoms with van der Waals surface area (Å²) in [6.07, 6.45) is 0. The summed E-state index contributed by atoms with van der Waals surface area (Å²) in [4.78, 5) is 10.2. The Morgan fingerprint density at radius 3 is 2.84 bits per heavy atom. The summed E-state index contributed by atoms with van der Waals surface area (Å²) in [7, 11) is 1.55. The lowest BCUT2D eigenvalue weighted by Gasteiger charge is -2.07. The molecule has 0 bridgehead atoms. The van der Waals surface area contributed by atoms with Crippen LogP contribution in [0.4, 0.5) is 10.7 Å². The van der Waals surface area contributed by atoms with Crippen LogP contribution in [0.15, 0.2) is 29.6 Å². The first-order valence-corrected chi connectivity index (χ1v) is 6.65. The Labute approximate surface area is 118 Å². The predicted molar refractivity (Wildman–Crippen MR) is 76.3 cm³/mol. The van der Waals surface area contributed by atoms with Gasteiger partial charge in [-0.2, -0.15) is 0 Å². The Balaban J connectivity index is 2.01. The topological polar surface area (TPSA) is 64.4 Å². The Morgan fingerprint density at radius 1 is 1.47 bits per heavy atom. The molecule has 0 aliphatic heterocycles. The molecular weight excluding hydrogens is 288 g/mol. The predicted octanol–water partition coefficient (Wildman–Crippen LogP) is 3.93. The first-order valence-electron chi connectivity index (χ1n) is 5.39. The van der Waals surface area contributed by atoms with Gasteiger partial charge < -0.3 is 10.1 Å². The van der Waals surface area contributed by atoms with Crippen LogP contribution in [0.1, 0.15) is 5.56 Å². The molecular formula is C12H11ClN2O3S. The minimum atomic E-state index is -0.390. The lowest BCUT2D eigenvalue weighted by Crippen LogP contribution is -1.98. The third-order valence-electron chi connectivity index (χ3n) is 2.47. The molecule has 2 aromatic rings. The molecule has 1 aromatic carbocycles. The van der Waals surface area contributed by atoms with Crippen molar-refractivity contribution in [2.24, 2.45) is 0 Å². The van der Waals surface area contributed by atoms with Crippen molar-refractivity contribution in [3.8, 4) is 5.75 Å². The van der Waals surface area contributed by atoms with Crippen LogP contribution < -0.4 is 10.1 Å². The van der Waals surface area contributed by atoms with Crippen molar-refractivity contribution in [1.29, 1.82) is 0 Å². The van der Waals surface area contributed by atoms with Crippen LogP contribution in [-0.2, 0) is 6.54 Å². The second-order valence-corrected chi connectivity index (χ2v) is 5.05. The maximum atomic E-state index is 10.6. The van der Waals surface area contributed by atoms with Crippen LogP contribution in [0, 0.1) is 10.1 Å². The van der Waals surface area contributed by atoms with E-state index >= 15 is 0 Å². The average Bonchev–Trinajstić information content (AvgIpc) is 2.85. The van der Waals surface area contributed by atoms with Crippen molar-refractivity contribution in [2.75, 3.05) is 12.4 Å². The highest BCUT2D eigenvalue weighted by atomic mass is 35.5. The average molecular weight is 299 g/mol. The second kappa shape index (κ2) is 5.90. The van der Waals surface area contributed by atoms with Crippen LogP contribution in [0.3, 0.4) is 0 Å². The van der Waals surface area contributed by atoms with E-state index < -0.39 is 4.92 Å². The highest BCUT2D eigenvalue weighted by molar-refractivity contribution is 7.13. The smallest absolute Gasteiger partial charge is 0.324 e. The number of hydrogen-bond acceptors (Lipinski definition) is 5. The standard InChI is InChI=1S/C12H11ClN2O3S/c1-18-11-3-2-9(5-10(11)13)14-6-8-4-12(15(16)17)19-7-8/h2-5,7,14H,6H2,1H3. The highest BCUT2D eigenvalue weighted by Crippen LogP contribution is 2.28. The number of halogens is 1. The Bertz CT molecular complexity index is 600. The molecule has 0 unspecified atom stereocenters. The fourth-order valence-corrected chi connectivity index (χ4v) is 2.52. The third-order valence-corrected chi connectivity index (χ3v) is 3.69. The Kier molecular flexibility index (Phi) is 4.24. The van der Waals surface area contributed by atoms with Crippen LogP contribution in [0.2, 0.25) is 5.02 Å². The largest absolute Gasteiger partial charge is 0.495 e. The molecule has 1 heterocycles. The molecule has 2 rings (SSSR count). The molecule has 0 fully saturated rings. The van der Waals surface area contributed by atoms with E-state index in [0.717, 1.165) is 22.6 Å². The van der Waals surface area contributed by atoms with Crippen molar-refractivity contribution in [3.05, 3.63) is 50.3 Å². The molecule has 0 radical (unpaired) electrons. The van der Waals surface area contributed by atoms with E-state index in [2.05, 4.69) is 5.32 Å². The van der Waals surface area contributed by atoms with E-state index in [-0.39, 0.29) is 5.00 Å². The summed E-state index contributed by atoms with van der Waals surface area (Å²) < 4.78 is 5.06. The third kappa shape index (κ3) is 3.36. The number of hydrogen-bond donors (Lipinski definition) is 1. The van der Waals surface area contributed by atoms with Crippen molar-refractivity contribution in [1.82, 2.24) is 0 Å². The fraction of sp³-hybridized carbons (Fsp3) is 0.167. The second-order valence-electron chi connectivity index (χ2n) is 3.75. The Morgan fingerprint density at radius 2 is 2.26 bits per heavy atom. The quantitative estimate of drug-likeness (QED) is 0.671. The molecule has 1 N–H and O–H groups in total. The molecule has 0 amide bonds. The summed E-state index contributed by atoms with van der Waals surface area (Å²) in [5, 5.41) is 16.1. The van der Waals surface area contributed by atoms with Gasteiger partial charge in [0.25, 0.3) is 0 Å². The number of rotatable bonds is 5. The number of ether oxygens (including phenoxy) is 1. The zero-order valence-electron chi connectivity index (χ0n) is 10.1. The maximum Gasteiger partial charge on any atom is 0.324 e. The molecule has 0 spiro atoms. The van der Waals surface area contributed by atoms with Crippen molar-refractivity contribution in [2.45, 2.75) is 6.54 Å². The molecule has 0 saturated heterocycles. The van der Waals surface area contributed by atoms with Gasteiger partial charge in [-0.3, -0.25) is 10.1 Å². The van der Waals surface area contributed by atoms with Crippen molar-refractivity contribution < 1.29 is 9.66 Å². The molecule has 0 saturated carbocycles. The SMILES string of the molecule is COc1ccc(NCc2csc([N+](=O)[O-])c2)cc1Cl. The van der Waals surface area contributed by atoms with E-state index in [9.17, 15) is 10.1 Å². The van der Waals surface area contributed by atoms with Crippen LogP contribution in [-0.4, -0.2) is 12.0 Å². The van der Waals surface area contributed by atoms with E-state index in [1.807, 2.05) is 6.07 Å². The first-order chi connectivity index (χ1) is 9.10. The van der Waals surface area contributed by atoms with E-state index in [1.54, 1.807) is 30.7 Å². The maximum absolute atomic E-state index is 10.6. The van der Waals surface area contributed by atoms with E-state index in [0.29, 0.717) is 17.3 Å². The molecule has 1 aromatic heterocycles. The van der Waals surface area contributed by atoms with Crippen LogP contribution in [0.5, 0.6) is 5.75 Å². The van der Waals surface area contributed by atoms with Gasteiger partial charge in [-0.05, 0) is 23.8 Å². The van der Waals surface area contributed by atoms with Gasteiger partial charge >= 0.3 is 5.00 Å². The summed E-state index contributed by atoms with van der Waals surface area (Å²) in [6, 6.07) is 6.91. The fourth-order valence-electron chi connectivity index (χ4n) is 1.53. The summed E-state index contributed by atoms with van der Waals surface area (Å²) in [5.41, 5.74) is 1.70. The number of anilines is 1. The molecule has 19 heavy (non-hydrogen) atoms. The van der Waals surface area contributed by atoms with Gasteiger partial charge in [0.05, 0.1) is 17.1 Å². The lowest BCUT2D eigenvalue weighted by atomic mass is 10.2. The minimum absolute atomic E-state index is 0.143. The zero-order chi connectivity index (χ0) is 13.8. The summed E-state index contributed by atoms with van der Waals surface area (Å²) in [6.45, 7) is 0.507. The van der Waals surface area contributed by atoms with Gasteiger partial charge in [0.15, 0.2) is 0 Å². The zero-order valence-corrected chi connectivity index (χ0v) is 11.6. The molecule has 100 valence electrons. The van der Waals surface area contributed by atoms with Gasteiger partial charge in [0.2, 0.25) is 0 Å². The molecule has 0 aliphatic carbocycles. The molecule has 7 heteroatoms. The van der Waals surface area contributed by atoms with Gasteiger partial charge in [0.1, 0.15) is 5.75 Å². The van der Waals surface area contributed by atoms with E-state index in [4.69, 9.17) is 16.3 Å². The van der Waals surface area contributed by atoms with Crippen molar-refractivity contribution in [3.63, 3.8) is 0 Å². The minimum Gasteiger partial charge on any atom is -0.495 e. The number of benzene rings is 1. The van der Waals surface area contributed by atoms with Gasteiger partial charge in [-0.25, -0.2) is 0 Å². The van der Waals surface area contributed by atoms with Gasteiger partial charge in [-0.1, -0.05) is 22.9 Å². The normalized spacial score (nSPS) is 10.2. The highest BCUT2D eigenvalue weighted by Gasteiger charge is 2.09. The van der Waals surface area contributed by atoms with Crippen molar-refractivity contribution >= 4 is 33.6 Å². The number of methoxy groups -OCH3 is 1. The summed E-state index contributed by atoms with van der Waals surface area (Å²) >= 11 is 7.12. The number of nitrogens with one attached hydrogen (secondary N) is 1. The summed E-state index contributed by atoms with van der Waals surface area (Å²) in [5.74, 6) is 0.610. The molecule has 0 atom stereocenters. The lowest BCUT2D eigenvalue weighted by molar-refractivity contribution is -0.380. The van der Waals surface area contributed by atoms with Gasteiger partial charge in [-0.15, -0.1) is 0 Å². The monoisotopic (exact) mass is 298 g/mol. The van der Waals surface area contributed by atoms with E-state index in [1.165, 1.54) is 0 Å². The van der Waals surface area contributed by atoms with Crippen LogP contribution in [0.25, 0.3) is 0 Å². The van der Waals surface area contributed by atoms with Crippen LogP contribution >= 0.6 is 22.9 Å². The first kappa shape index (κ1) is 13.6. The molecule has 0 aliphatic rings. The number of nitrogens with zero attached hydrogens (tertiary/aromatic N) is 1. The number of thiophene rings is 1.